The molecule has 3 amide bonds. The zero-order valence-electron chi connectivity index (χ0n) is 31.8. The number of hydrogen-bond acceptors (Lipinski definition) is 9. The van der Waals surface area contributed by atoms with Crippen LogP contribution in [-0.2, 0) is 40.5 Å². The number of carbonyl (C=O) groups is 4. The van der Waals surface area contributed by atoms with E-state index in [9.17, 15) is 27.6 Å². The Morgan fingerprint density at radius 2 is 1.80 bits per heavy atom. The summed E-state index contributed by atoms with van der Waals surface area (Å²) in [6.07, 6.45) is 8.77. The first-order valence-electron chi connectivity index (χ1n) is 19.5. The number of nitrogens with one attached hydrogen (secondary N) is 2. The predicted octanol–water partition coefficient (Wildman–Crippen LogP) is 4.46. The number of methoxy groups -OCH3 is 1. The maximum absolute atomic E-state index is 14.7. The molecular formula is C41H54N4O8S. The first-order valence-corrected chi connectivity index (χ1v) is 21.1. The molecule has 13 heteroatoms. The van der Waals surface area contributed by atoms with Crippen LogP contribution in [0.15, 0.2) is 48.6 Å². The van der Waals surface area contributed by atoms with Crippen molar-refractivity contribution in [2.75, 3.05) is 26.7 Å². The maximum atomic E-state index is 14.7. The third-order valence-corrected chi connectivity index (χ3v) is 13.6. The van der Waals surface area contributed by atoms with E-state index in [1.54, 1.807) is 32.8 Å². The predicted molar refractivity (Wildman–Crippen MR) is 204 cm³/mol. The lowest BCUT2D eigenvalue weighted by Crippen LogP contribution is -2.58. The van der Waals surface area contributed by atoms with Crippen molar-refractivity contribution >= 4 is 44.5 Å². The quantitative estimate of drug-likeness (QED) is 0.294. The highest BCUT2D eigenvalue weighted by Crippen LogP contribution is 2.47. The zero-order chi connectivity index (χ0) is 38.4. The van der Waals surface area contributed by atoms with Crippen molar-refractivity contribution in [2.45, 2.75) is 108 Å². The number of allylic oxidation sites excluding steroid dienone is 1. The van der Waals surface area contributed by atoms with E-state index in [1.165, 1.54) is 0 Å². The van der Waals surface area contributed by atoms with Gasteiger partial charge < -0.3 is 19.7 Å². The van der Waals surface area contributed by atoms with E-state index < -0.39 is 56.2 Å². The van der Waals surface area contributed by atoms with Crippen LogP contribution in [0.2, 0.25) is 0 Å². The van der Waals surface area contributed by atoms with Gasteiger partial charge in [0.1, 0.15) is 22.9 Å². The smallest absolute Gasteiger partial charge is 0.307 e. The van der Waals surface area contributed by atoms with Crippen LogP contribution >= 0.6 is 0 Å². The van der Waals surface area contributed by atoms with Gasteiger partial charge >= 0.3 is 5.97 Å². The van der Waals surface area contributed by atoms with Crippen LogP contribution in [0.4, 0.5) is 0 Å². The largest absolute Gasteiger partial charge is 0.497 e. The van der Waals surface area contributed by atoms with Crippen molar-refractivity contribution in [1.82, 2.24) is 19.8 Å². The van der Waals surface area contributed by atoms with Crippen molar-refractivity contribution in [3.05, 3.63) is 54.1 Å². The summed E-state index contributed by atoms with van der Waals surface area (Å²) in [5.74, 6) is -2.45. The molecule has 2 saturated heterocycles. The number of benzene rings is 2. The summed E-state index contributed by atoms with van der Waals surface area (Å²) < 4.78 is 39.4. The minimum atomic E-state index is -3.86. The van der Waals surface area contributed by atoms with E-state index in [-0.39, 0.29) is 36.5 Å². The second-order valence-electron chi connectivity index (χ2n) is 17.1. The van der Waals surface area contributed by atoms with Gasteiger partial charge in [-0.25, -0.2) is 8.42 Å². The van der Waals surface area contributed by atoms with Crippen molar-refractivity contribution in [1.29, 1.82) is 0 Å². The molecule has 7 rings (SSSR count). The number of nitrogens with zero attached hydrogens (tertiary/aromatic N) is 2. The average molecular weight is 763 g/mol. The highest BCUT2D eigenvalue weighted by Gasteiger charge is 2.63. The molecule has 54 heavy (non-hydrogen) atoms. The van der Waals surface area contributed by atoms with E-state index >= 15 is 0 Å². The van der Waals surface area contributed by atoms with E-state index in [1.807, 2.05) is 36.4 Å². The van der Waals surface area contributed by atoms with Crippen molar-refractivity contribution in [3.63, 3.8) is 0 Å². The number of likely N-dealkylation sites (tertiary alicyclic amines) is 1. The molecule has 0 unspecified atom stereocenters. The normalized spacial score (nSPS) is 29.9. The molecular weight excluding hydrogens is 709 g/mol. The molecule has 2 saturated carbocycles. The van der Waals surface area contributed by atoms with Gasteiger partial charge in [0.2, 0.25) is 21.8 Å². The highest BCUT2D eigenvalue weighted by molar-refractivity contribution is 7.91. The fraction of sp³-hybridized carbons (Fsp3) is 0.610. The first-order chi connectivity index (χ1) is 25.7. The topological polar surface area (TPSA) is 151 Å². The number of hydrogen-bond donors (Lipinski definition) is 2. The monoisotopic (exact) mass is 762 g/mol. The second kappa shape index (κ2) is 14.9. The number of ether oxygens (including phenoxy) is 2. The van der Waals surface area contributed by atoms with Gasteiger partial charge in [-0.2, -0.15) is 0 Å². The number of fused-ring (bicyclic) bond motifs is 5. The van der Waals surface area contributed by atoms with Crippen LogP contribution in [0.3, 0.4) is 0 Å². The molecule has 2 N–H and O–H groups in total. The fourth-order valence-electron chi connectivity index (χ4n) is 8.86. The Labute approximate surface area is 318 Å². The number of carbonyl (C=O) groups excluding carboxylic acids is 4. The van der Waals surface area contributed by atoms with Gasteiger partial charge in [0.05, 0.1) is 18.8 Å². The summed E-state index contributed by atoms with van der Waals surface area (Å²) >= 11 is 0. The Morgan fingerprint density at radius 3 is 2.54 bits per heavy atom. The van der Waals surface area contributed by atoms with Gasteiger partial charge in [0, 0.05) is 43.9 Å². The third kappa shape index (κ3) is 8.17. The molecule has 5 aliphatic rings. The Kier molecular flexibility index (Phi) is 10.6. The van der Waals surface area contributed by atoms with Gasteiger partial charge in [-0.05, 0) is 93.7 Å². The van der Waals surface area contributed by atoms with Crippen LogP contribution in [0.25, 0.3) is 10.8 Å². The minimum Gasteiger partial charge on any atom is -0.497 e. The lowest BCUT2D eigenvalue weighted by atomic mass is 9.92. The Hall–Kier alpha value is -3.97. The number of rotatable bonds is 8. The SMILES string of the molecule is COc1cc(CN2C[C@H]3CN4C(=O)[C@H](CC(=O)OC(C)(C)C)CCCCC/C=C\[C@@H]5C[C@@]5(C(=O)NS(=O)(=O)C5CC5)NC(=O)[C@@H]4[C@H]3C2)c2ccccc2c1. The van der Waals surface area contributed by atoms with Gasteiger partial charge in [-0.1, -0.05) is 49.3 Å². The molecule has 12 nitrogen and oxygen atoms in total. The minimum absolute atomic E-state index is 0.0300. The fourth-order valence-corrected chi connectivity index (χ4v) is 10.2. The van der Waals surface area contributed by atoms with Gasteiger partial charge in [-0.15, -0.1) is 0 Å². The molecule has 2 aromatic rings. The highest BCUT2D eigenvalue weighted by atomic mass is 32.2. The summed E-state index contributed by atoms with van der Waals surface area (Å²) in [7, 11) is -2.21. The number of sulfonamides is 1. The summed E-state index contributed by atoms with van der Waals surface area (Å²) in [6, 6.07) is 11.3. The van der Waals surface area contributed by atoms with E-state index in [0.717, 1.165) is 47.8 Å². The summed E-state index contributed by atoms with van der Waals surface area (Å²) in [4.78, 5) is 60.3. The Bertz CT molecular complexity index is 1940. The van der Waals surface area contributed by atoms with E-state index in [2.05, 4.69) is 27.1 Å². The first kappa shape index (κ1) is 38.3. The zero-order valence-corrected chi connectivity index (χ0v) is 32.7. The number of esters is 1. The third-order valence-electron chi connectivity index (χ3n) is 11.8. The Balaban J connectivity index is 1.19. The second-order valence-corrected chi connectivity index (χ2v) is 19.0. The molecule has 0 bridgehead atoms. The lowest BCUT2D eigenvalue weighted by molar-refractivity contribution is -0.159. The molecule has 0 radical (unpaired) electrons. The molecule has 3 heterocycles. The van der Waals surface area contributed by atoms with Gasteiger partial charge in [-0.3, -0.25) is 28.8 Å². The van der Waals surface area contributed by atoms with Crippen molar-refractivity contribution in [3.8, 4) is 5.75 Å². The van der Waals surface area contributed by atoms with E-state index in [4.69, 9.17) is 9.47 Å². The molecule has 0 aromatic heterocycles. The lowest BCUT2D eigenvalue weighted by Gasteiger charge is -2.33. The molecule has 3 aliphatic heterocycles. The van der Waals surface area contributed by atoms with E-state index in [0.29, 0.717) is 45.4 Å². The van der Waals surface area contributed by atoms with Gasteiger partial charge in [0.25, 0.3) is 5.91 Å². The van der Waals surface area contributed by atoms with Crippen LogP contribution in [0.1, 0.15) is 84.1 Å². The summed E-state index contributed by atoms with van der Waals surface area (Å²) in [6.45, 7) is 7.53. The summed E-state index contributed by atoms with van der Waals surface area (Å²) in [5, 5.41) is 4.62. The maximum Gasteiger partial charge on any atom is 0.307 e. The van der Waals surface area contributed by atoms with Crippen molar-refractivity contribution < 1.29 is 37.1 Å². The molecule has 4 fully saturated rings. The molecule has 6 atom stereocenters. The molecule has 2 aromatic carbocycles. The van der Waals surface area contributed by atoms with Crippen molar-refractivity contribution in [2.24, 2.45) is 23.7 Å². The van der Waals surface area contributed by atoms with Gasteiger partial charge in [0.15, 0.2) is 0 Å². The molecule has 2 aliphatic carbocycles. The number of amides is 3. The molecule has 0 spiro atoms. The van der Waals surface area contributed by atoms with Crippen LogP contribution in [0, 0.1) is 23.7 Å². The molecule has 292 valence electrons. The van der Waals surface area contributed by atoms with Crippen LogP contribution in [0.5, 0.6) is 5.75 Å². The van der Waals surface area contributed by atoms with Crippen LogP contribution < -0.4 is 14.8 Å². The average Bonchev–Trinajstić information content (AvgIpc) is 4.01. The van der Waals surface area contributed by atoms with Crippen LogP contribution in [-0.4, -0.2) is 91.1 Å². The standard InChI is InChI=1S/C41H54N4O8S/c1-40(2,3)53-35(46)20-27-13-8-6-5-7-9-14-30-21-41(30,39(49)43-54(50,51)32-16-17-32)42-37(47)36-34-25-44(23-29(34)24-45(36)38(27)48)22-28-19-31(52-4)18-26-12-10-11-15-33(26)28/h9-12,14-15,18-19,27,29-30,32,34,36H,5-8,13,16-17,20-25H2,1-4H3,(H,42,47)(H,43,49)/b14-9-/t27-,29-,30+,34-,36-,41+/m0/s1. The Morgan fingerprint density at radius 1 is 1.02 bits per heavy atom. The summed E-state index contributed by atoms with van der Waals surface area (Å²) in [5.41, 5.74) is -1.04.